The van der Waals surface area contributed by atoms with Gasteiger partial charge in [-0.1, -0.05) is 6.07 Å². The van der Waals surface area contributed by atoms with E-state index in [4.69, 9.17) is 5.73 Å². The van der Waals surface area contributed by atoms with Crippen molar-refractivity contribution < 1.29 is 8.42 Å². The average molecular weight is 268 g/mol. The molecule has 2 N–H and O–H groups in total. The van der Waals surface area contributed by atoms with E-state index in [1.54, 1.807) is 20.0 Å². The lowest BCUT2D eigenvalue weighted by molar-refractivity contribution is 0.417. The summed E-state index contributed by atoms with van der Waals surface area (Å²) in [6, 6.07) is 3.53. The summed E-state index contributed by atoms with van der Waals surface area (Å²) in [6.07, 6.45) is 4.81. The summed E-state index contributed by atoms with van der Waals surface area (Å²) in [5.41, 5.74) is 8.41. The molecule has 0 saturated heterocycles. The van der Waals surface area contributed by atoms with Crippen LogP contribution in [0, 0.1) is 0 Å². The molecule has 2 unspecified atom stereocenters. The second kappa shape index (κ2) is 4.31. The van der Waals surface area contributed by atoms with E-state index in [0.29, 0.717) is 0 Å². The van der Waals surface area contributed by atoms with Gasteiger partial charge in [-0.3, -0.25) is 4.98 Å². The van der Waals surface area contributed by atoms with Gasteiger partial charge < -0.3 is 5.73 Å². The van der Waals surface area contributed by atoms with Crippen molar-refractivity contribution in [2.24, 2.45) is 5.73 Å². The third-order valence-electron chi connectivity index (χ3n) is 4.19. The highest BCUT2D eigenvalue weighted by Crippen LogP contribution is 2.38. The number of pyridine rings is 1. The van der Waals surface area contributed by atoms with Crippen molar-refractivity contribution in [3.8, 4) is 0 Å². The van der Waals surface area contributed by atoms with Crippen LogP contribution >= 0.6 is 0 Å². The van der Waals surface area contributed by atoms with E-state index >= 15 is 0 Å². The molecule has 2 rings (SSSR count). The molecule has 1 aliphatic carbocycles. The van der Waals surface area contributed by atoms with Gasteiger partial charge in [0.05, 0.1) is 4.75 Å². The number of hydrogen-bond acceptors (Lipinski definition) is 4. The number of rotatable bonds is 3. The number of aromatic nitrogens is 1. The van der Waals surface area contributed by atoms with Crippen LogP contribution in [-0.4, -0.2) is 30.4 Å². The molecule has 1 aliphatic rings. The van der Waals surface area contributed by atoms with E-state index < -0.39 is 20.6 Å². The van der Waals surface area contributed by atoms with Crippen molar-refractivity contribution in [2.45, 2.75) is 43.4 Å². The quantitative estimate of drug-likeness (QED) is 0.895. The molecule has 18 heavy (non-hydrogen) atoms. The molecule has 1 aromatic heterocycles. The molecule has 1 heterocycles. The highest BCUT2D eigenvalue weighted by atomic mass is 32.2. The van der Waals surface area contributed by atoms with Crippen LogP contribution in [-0.2, 0) is 16.3 Å². The van der Waals surface area contributed by atoms with E-state index in [0.717, 1.165) is 18.5 Å². The van der Waals surface area contributed by atoms with Gasteiger partial charge in [0.1, 0.15) is 0 Å². The second-order valence-electron chi connectivity index (χ2n) is 5.59. The predicted molar refractivity (Wildman–Crippen MR) is 72.2 cm³/mol. The van der Waals surface area contributed by atoms with Gasteiger partial charge in [-0.15, -0.1) is 0 Å². The monoisotopic (exact) mass is 268 g/mol. The van der Waals surface area contributed by atoms with Gasteiger partial charge >= 0.3 is 0 Å². The SMILES string of the molecule is CC(C)(C(N)C1CCc2cccnc21)S(C)(=O)=O. The summed E-state index contributed by atoms with van der Waals surface area (Å²) in [5.74, 6) is 0.0333. The zero-order valence-corrected chi connectivity index (χ0v) is 11.9. The van der Waals surface area contributed by atoms with Crippen LogP contribution in [0.15, 0.2) is 18.3 Å². The third-order valence-corrected chi connectivity index (χ3v) is 6.38. The Balaban J connectivity index is 2.36. The second-order valence-corrected chi connectivity index (χ2v) is 8.19. The van der Waals surface area contributed by atoms with Crippen molar-refractivity contribution in [2.75, 3.05) is 6.26 Å². The minimum Gasteiger partial charge on any atom is -0.326 e. The highest BCUT2D eigenvalue weighted by molar-refractivity contribution is 7.92. The molecule has 0 bridgehead atoms. The van der Waals surface area contributed by atoms with Crippen LogP contribution in [0.2, 0.25) is 0 Å². The molecular weight excluding hydrogens is 248 g/mol. The van der Waals surface area contributed by atoms with Crippen molar-refractivity contribution in [3.63, 3.8) is 0 Å². The summed E-state index contributed by atoms with van der Waals surface area (Å²) in [5, 5.41) is 0. The van der Waals surface area contributed by atoms with Gasteiger partial charge in [0.25, 0.3) is 0 Å². The number of aryl methyl sites for hydroxylation is 1. The fourth-order valence-corrected chi connectivity index (χ4v) is 3.18. The smallest absolute Gasteiger partial charge is 0.154 e. The largest absolute Gasteiger partial charge is 0.326 e. The van der Waals surface area contributed by atoms with E-state index in [2.05, 4.69) is 4.98 Å². The molecule has 0 spiro atoms. The molecule has 5 heteroatoms. The van der Waals surface area contributed by atoms with E-state index in [1.807, 2.05) is 12.1 Å². The Bertz CT molecular complexity index is 552. The topological polar surface area (TPSA) is 73.0 Å². The number of nitrogens with two attached hydrogens (primary N) is 1. The summed E-state index contributed by atoms with van der Waals surface area (Å²) in [7, 11) is -3.19. The molecule has 0 amide bonds. The normalized spacial score (nSPS) is 21.7. The first kappa shape index (κ1) is 13.5. The van der Waals surface area contributed by atoms with Crippen LogP contribution in [0.4, 0.5) is 0 Å². The lowest BCUT2D eigenvalue weighted by Crippen LogP contribution is -2.51. The Kier molecular flexibility index (Phi) is 3.23. The number of fused-ring (bicyclic) bond motifs is 1. The lowest BCUT2D eigenvalue weighted by atomic mass is 9.88. The molecule has 0 fully saturated rings. The van der Waals surface area contributed by atoms with Gasteiger partial charge in [0.2, 0.25) is 0 Å². The Morgan fingerprint density at radius 1 is 1.50 bits per heavy atom. The van der Waals surface area contributed by atoms with E-state index in [1.165, 1.54) is 11.8 Å². The maximum Gasteiger partial charge on any atom is 0.154 e. The van der Waals surface area contributed by atoms with Gasteiger partial charge in [-0.05, 0) is 38.3 Å². The minimum absolute atomic E-state index is 0.0333. The van der Waals surface area contributed by atoms with Crippen LogP contribution in [0.3, 0.4) is 0 Å². The fraction of sp³-hybridized carbons (Fsp3) is 0.615. The molecule has 2 atom stereocenters. The Hall–Kier alpha value is -0.940. The lowest BCUT2D eigenvalue weighted by Gasteiger charge is -2.33. The molecule has 0 radical (unpaired) electrons. The van der Waals surface area contributed by atoms with Crippen LogP contribution in [0.1, 0.15) is 37.4 Å². The first-order chi connectivity index (χ1) is 8.25. The first-order valence-electron chi connectivity index (χ1n) is 6.14. The third kappa shape index (κ3) is 2.06. The van der Waals surface area contributed by atoms with Gasteiger partial charge in [-0.25, -0.2) is 8.42 Å². The summed E-state index contributed by atoms with van der Waals surface area (Å²) in [4.78, 5) is 4.38. The first-order valence-corrected chi connectivity index (χ1v) is 8.03. The van der Waals surface area contributed by atoms with Crippen LogP contribution < -0.4 is 5.73 Å². The van der Waals surface area contributed by atoms with Gasteiger partial charge in [0, 0.05) is 30.1 Å². The zero-order valence-electron chi connectivity index (χ0n) is 11.1. The summed E-state index contributed by atoms with van der Waals surface area (Å²) in [6.45, 7) is 3.40. The Labute approximate surface area is 109 Å². The summed E-state index contributed by atoms with van der Waals surface area (Å²) < 4.78 is 22.8. The van der Waals surface area contributed by atoms with Crippen molar-refractivity contribution in [1.29, 1.82) is 0 Å². The van der Waals surface area contributed by atoms with Crippen molar-refractivity contribution >= 4 is 9.84 Å². The van der Waals surface area contributed by atoms with E-state index in [9.17, 15) is 8.42 Å². The average Bonchev–Trinajstić information content (AvgIpc) is 2.70. The van der Waals surface area contributed by atoms with Crippen LogP contribution in [0.25, 0.3) is 0 Å². The fourth-order valence-electron chi connectivity index (χ4n) is 2.53. The molecule has 4 nitrogen and oxygen atoms in total. The zero-order chi connectivity index (χ0) is 13.6. The maximum atomic E-state index is 11.9. The molecular formula is C13H20N2O2S. The summed E-state index contributed by atoms with van der Waals surface area (Å²) >= 11 is 0. The number of hydrogen-bond donors (Lipinski definition) is 1. The van der Waals surface area contributed by atoms with Crippen molar-refractivity contribution in [3.05, 3.63) is 29.6 Å². The molecule has 0 saturated carbocycles. The molecule has 100 valence electrons. The number of sulfone groups is 1. The molecule has 0 aromatic carbocycles. The predicted octanol–water partition coefficient (Wildman–Crippen LogP) is 1.26. The molecule has 1 aromatic rings. The maximum absolute atomic E-state index is 11.9. The van der Waals surface area contributed by atoms with Gasteiger partial charge in [-0.2, -0.15) is 0 Å². The van der Waals surface area contributed by atoms with Gasteiger partial charge in [0.15, 0.2) is 9.84 Å². The highest BCUT2D eigenvalue weighted by Gasteiger charge is 2.43. The number of nitrogens with zero attached hydrogens (tertiary/aromatic N) is 1. The molecule has 0 aliphatic heterocycles. The van der Waals surface area contributed by atoms with Crippen LogP contribution in [0.5, 0.6) is 0 Å². The van der Waals surface area contributed by atoms with Crippen molar-refractivity contribution in [1.82, 2.24) is 4.98 Å². The van der Waals surface area contributed by atoms with E-state index in [-0.39, 0.29) is 5.92 Å². The standard InChI is InChI=1S/C13H20N2O2S/c1-13(2,18(3,16)17)12(14)10-7-6-9-5-4-8-15-11(9)10/h4-5,8,10,12H,6-7,14H2,1-3H3. The Morgan fingerprint density at radius 3 is 2.78 bits per heavy atom. The Morgan fingerprint density at radius 2 is 2.17 bits per heavy atom. The minimum atomic E-state index is -3.19.